The summed E-state index contributed by atoms with van der Waals surface area (Å²) in [5.41, 5.74) is 2.68. The number of esters is 1. The van der Waals surface area contributed by atoms with Crippen LogP contribution in [0, 0.1) is 25.7 Å². The molecule has 0 aliphatic carbocycles. The van der Waals surface area contributed by atoms with Gasteiger partial charge in [0.25, 0.3) is 0 Å². The average molecular weight is 475 g/mol. The number of hydrogen-bond donors (Lipinski definition) is 2. The van der Waals surface area contributed by atoms with Crippen molar-refractivity contribution in [3.05, 3.63) is 29.3 Å². The molecule has 0 aromatic heterocycles. The Bertz CT molecular complexity index is 980. The van der Waals surface area contributed by atoms with Crippen molar-refractivity contribution < 1.29 is 24.2 Å². The van der Waals surface area contributed by atoms with Crippen LogP contribution in [-0.2, 0) is 19.1 Å². The SMILES string of the molecule is CCOC(=O)[C@@H]1[C@H]2C(=O)N([C@@H](CC)CO)C(C(=O)Nc3cc(C)ccc3C)C23CC[C@@]1(C)S3. The van der Waals surface area contributed by atoms with Gasteiger partial charge in [-0.15, -0.1) is 11.8 Å². The molecular formula is C25H34N2O5S. The number of carbonyl (C=O) groups is 3. The lowest BCUT2D eigenvalue weighted by molar-refractivity contribution is -0.155. The maximum Gasteiger partial charge on any atom is 0.311 e. The van der Waals surface area contributed by atoms with Gasteiger partial charge in [-0.05, 0) is 64.2 Å². The molecular weight excluding hydrogens is 440 g/mol. The van der Waals surface area contributed by atoms with E-state index in [1.807, 2.05) is 45.9 Å². The number of likely N-dealkylation sites (tertiary alicyclic amines) is 1. The predicted molar refractivity (Wildman–Crippen MR) is 128 cm³/mol. The third kappa shape index (κ3) is 3.57. The minimum absolute atomic E-state index is 0.217. The molecule has 0 saturated carbocycles. The second-order valence-electron chi connectivity index (χ2n) is 9.78. The largest absolute Gasteiger partial charge is 0.466 e. The molecule has 3 aliphatic rings. The van der Waals surface area contributed by atoms with Crippen LogP contribution in [0.5, 0.6) is 0 Å². The molecule has 2 bridgehead atoms. The molecule has 1 aromatic carbocycles. The topological polar surface area (TPSA) is 95.9 Å². The van der Waals surface area contributed by atoms with Crippen LogP contribution in [0.3, 0.4) is 0 Å². The number of aliphatic hydroxyl groups excluding tert-OH is 1. The van der Waals surface area contributed by atoms with Gasteiger partial charge in [-0.3, -0.25) is 14.4 Å². The molecule has 7 nitrogen and oxygen atoms in total. The summed E-state index contributed by atoms with van der Waals surface area (Å²) in [5, 5.41) is 13.2. The van der Waals surface area contributed by atoms with E-state index in [4.69, 9.17) is 4.74 Å². The van der Waals surface area contributed by atoms with E-state index in [1.54, 1.807) is 23.6 Å². The normalized spacial score (nSPS) is 33.2. The van der Waals surface area contributed by atoms with Crippen molar-refractivity contribution in [2.45, 2.75) is 75.5 Å². The first-order valence-electron chi connectivity index (χ1n) is 11.8. The smallest absolute Gasteiger partial charge is 0.311 e. The Balaban J connectivity index is 1.78. The van der Waals surface area contributed by atoms with Crippen LogP contribution in [-0.4, -0.2) is 62.6 Å². The Morgan fingerprint density at radius 3 is 2.67 bits per heavy atom. The summed E-state index contributed by atoms with van der Waals surface area (Å²) in [7, 11) is 0. The van der Waals surface area contributed by atoms with Crippen molar-refractivity contribution in [2.24, 2.45) is 11.8 Å². The van der Waals surface area contributed by atoms with Gasteiger partial charge >= 0.3 is 5.97 Å². The summed E-state index contributed by atoms with van der Waals surface area (Å²) in [4.78, 5) is 42.4. The molecule has 3 heterocycles. The molecule has 3 aliphatic heterocycles. The molecule has 6 atom stereocenters. The fourth-order valence-corrected chi connectivity index (χ4v) is 8.46. The van der Waals surface area contributed by atoms with E-state index in [0.717, 1.165) is 23.2 Å². The molecule has 4 rings (SSSR count). The highest BCUT2D eigenvalue weighted by molar-refractivity contribution is 8.02. The number of fused-ring (bicyclic) bond motifs is 1. The quantitative estimate of drug-likeness (QED) is 0.590. The van der Waals surface area contributed by atoms with E-state index in [2.05, 4.69) is 5.32 Å². The molecule has 180 valence electrons. The predicted octanol–water partition coefficient (Wildman–Crippen LogP) is 3.06. The first kappa shape index (κ1) is 24.1. The summed E-state index contributed by atoms with van der Waals surface area (Å²) in [6.45, 7) is 9.60. The minimum Gasteiger partial charge on any atom is -0.466 e. The van der Waals surface area contributed by atoms with Crippen molar-refractivity contribution in [2.75, 3.05) is 18.5 Å². The summed E-state index contributed by atoms with van der Waals surface area (Å²) in [6, 6.07) is 4.62. The number of amides is 2. The average Bonchev–Trinajstić information content (AvgIpc) is 3.33. The highest BCUT2D eigenvalue weighted by Gasteiger charge is 2.77. The maximum atomic E-state index is 13.9. The summed E-state index contributed by atoms with van der Waals surface area (Å²) in [5.74, 6) is -2.06. The van der Waals surface area contributed by atoms with Gasteiger partial charge in [0.15, 0.2) is 0 Å². The van der Waals surface area contributed by atoms with Crippen LogP contribution in [0.1, 0.15) is 51.2 Å². The minimum atomic E-state index is -0.765. The molecule has 0 radical (unpaired) electrons. The third-order valence-corrected chi connectivity index (χ3v) is 9.72. The molecule has 2 N–H and O–H groups in total. The second kappa shape index (κ2) is 8.62. The number of benzene rings is 1. The molecule has 2 unspecified atom stereocenters. The number of hydrogen-bond acceptors (Lipinski definition) is 6. The van der Waals surface area contributed by atoms with E-state index in [0.29, 0.717) is 12.8 Å². The zero-order valence-corrected chi connectivity index (χ0v) is 20.8. The number of rotatable bonds is 7. The second-order valence-corrected chi connectivity index (χ2v) is 11.7. The summed E-state index contributed by atoms with van der Waals surface area (Å²) >= 11 is 1.61. The fourth-order valence-electron chi connectivity index (χ4n) is 6.13. The Hall–Kier alpha value is -2.06. The fraction of sp³-hybridized carbons (Fsp3) is 0.640. The number of thioether (sulfide) groups is 1. The summed E-state index contributed by atoms with van der Waals surface area (Å²) in [6.07, 6.45) is 1.93. The van der Waals surface area contributed by atoms with Gasteiger partial charge < -0.3 is 20.1 Å². The molecule has 8 heteroatoms. The third-order valence-electron chi connectivity index (χ3n) is 7.73. The lowest BCUT2D eigenvalue weighted by Gasteiger charge is -2.36. The van der Waals surface area contributed by atoms with Gasteiger partial charge in [-0.1, -0.05) is 19.1 Å². The van der Waals surface area contributed by atoms with Gasteiger partial charge in [0.2, 0.25) is 11.8 Å². The highest BCUT2D eigenvalue weighted by Crippen LogP contribution is 2.71. The number of aryl methyl sites for hydroxylation is 2. The molecule has 2 amide bonds. The number of nitrogens with one attached hydrogen (secondary N) is 1. The summed E-state index contributed by atoms with van der Waals surface area (Å²) < 4.78 is 4.23. The Morgan fingerprint density at radius 1 is 1.30 bits per heavy atom. The van der Waals surface area contributed by atoms with Gasteiger partial charge in [-0.25, -0.2) is 0 Å². The van der Waals surface area contributed by atoms with Crippen LogP contribution in [0.25, 0.3) is 0 Å². The van der Waals surface area contributed by atoms with Crippen molar-refractivity contribution in [1.82, 2.24) is 4.90 Å². The first-order chi connectivity index (χ1) is 15.6. The molecule has 3 saturated heterocycles. The number of carbonyl (C=O) groups excluding carboxylic acids is 3. The number of anilines is 1. The zero-order chi connectivity index (χ0) is 24.1. The van der Waals surface area contributed by atoms with Crippen molar-refractivity contribution in [3.8, 4) is 0 Å². The van der Waals surface area contributed by atoms with Gasteiger partial charge in [0, 0.05) is 10.4 Å². The van der Waals surface area contributed by atoms with E-state index >= 15 is 0 Å². The number of ether oxygens (including phenoxy) is 1. The number of aliphatic hydroxyl groups is 1. The lowest BCUT2D eigenvalue weighted by Crippen LogP contribution is -2.54. The molecule has 3 fully saturated rings. The van der Waals surface area contributed by atoms with Crippen LogP contribution < -0.4 is 5.32 Å². The zero-order valence-electron chi connectivity index (χ0n) is 20.0. The maximum absolute atomic E-state index is 13.9. The van der Waals surface area contributed by atoms with Gasteiger partial charge in [0.1, 0.15) is 6.04 Å². The Kier molecular flexibility index (Phi) is 6.29. The Labute approximate surface area is 199 Å². The van der Waals surface area contributed by atoms with Gasteiger partial charge in [0.05, 0.1) is 35.8 Å². The first-order valence-corrected chi connectivity index (χ1v) is 12.6. The standard InChI is InChI=1S/C25H34N2O5S/c1-6-16(13-28)27-20(21(29)26-17-12-14(3)8-9-15(17)4)25-11-10-24(5,33-25)19(18(25)22(27)30)23(31)32-7-2/h8-9,12,16,18-20,28H,6-7,10-11,13H2,1-5H3,(H,26,29)/t16-,18-,19-,20?,24+,25?/m0/s1. The van der Waals surface area contributed by atoms with Crippen LogP contribution in [0.4, 0.5) is 5.69 Å². The highest BCUT2D eigenvalue weighted by atomic mass is 32.2. The Morgan fingerprint density at radius 2 is 2.03 bits per heavy atom. The van der Waals surface area contributed by atoms with E-state index < -0.39 is 33.4 Å². The van der Waals surface area contributed by atoms with Crippen LogP contribution >= 0.6 is 11.8 Å². The van der Waals surface area contributed by atoms with E-state index in [-0.39, 0.29) is 31.0 Å². The monoisotopic (exact) mass is 474 g/mol. The van der Waals surface area contributed by atoms with Crippen LogP contribution in [0.15, 0.2) is 18.2 Å². The van der Waals surface area contributed by atoms with Gasteiger partial charge in [-0.2, -0.15) is 0 Å². The lowest BCUT2D eigenvalue weighted by atomic mass is 9.66. The van der Waals surface area contributed by atoms with Crippen molar-refractivity contribution in [3.63, 3.8) is 0 Å². The molecule has 33 heavy (non-hydrogen) atoms. The van der Waals surface area contributed by atoms with Crippen molar-refractivity contribution in [1.29, 1.82) is 0 Å². The van der Waals surface area contributed by atoms with Crippen molar-refractivity contribution >= 4 is 35.2 Å². The van der Waals surface area contributed by atoms with Crippen LogP contribution in [0.2, 0.25) is 0 Å². The molecule has 1 aromatic rings. The number of nitrogens with zero attached hydrogens (tertiary/aromatic N) is 1. The van der Waals surface area contributed by atoms with E-state index in [9.17, 15) is 19.5 Å². The van der Waals surface area contributed by atoms with E-state index in [1.165, 1.54) is 0 Å². The molecule has 1 spiro atoms.